The van der Waals surface area contributed by atoms with Gasteiger partial charge in [-0.3, -0.25) is 0 Å². The van der Waals surface area contributed by atoms with Crippen molar-refractivity contribution in [2.75, 3.05) is 45.9 Å². The Balaban J connectivity index is 2.13. The summed E-state index contributed by atoms with van der Waals surface area (Å²) in [6.07, 6.45) is 1.22. The molecule has 112 valence electrons. The number of aromatic nitrogens is 2. The standard InChI is InChI=1S/C13H21N3O4/c1-16(9-13(17)4-6-20-7-5-13)12-14-10(18-2)8-11(15-12)19-3/h8,17H,4-7,9H2,1-3H3. The number of likely N-dealkylation sites (N-methyl/N-ethyl adjacent to an activating group) is 1. The van der Waals surface area contributed by atoms with Crippen molar-refractivity contribution in [1.29, 1.82) is 0 Å². The van der Waals surface area contributed by atoms with Crippen LogP contribution in [0.2, 0.25) is 0 Å². The number of ether oxygens (including phenoxy) is 3. The van der Waals surface area contributed by atoms with Crippen molar-refractivity contribution >= 4 is 5.95 Å². The first-order chi connectivity index (χ1) is 9.56. The van der Waals surface area contributed by atoms with E-state index in [1.807, 2.05) is 7.05 Å². The van der Waals surface area contributed by atoms with Crippen molar-refractivity contribution < 1.29 is 19.3 Å². The number of hydrogen-bond donors (Lipinski definition) is 1. The van der Waals surface area contributed by atoms with Crippen molar-refractivity contribution in [3.63, 3.8) is 0 Å². The highest BCUT2D eigenvalue weighted by Gasteiger charge is 2.32. The van der Waals surface area contributed by atoms with Gasteiger partial charge >= 0.3 is 0 Å². The van der Waals surface area contributed by atoms with Crippen molar-refractivity contribution in [3.8, 4) is 11.8 Å². The maximum atomic E-state index is 10.5. The molecule has 1 N–H and O–H groups in total. The molecule has 0 atom stereocenters. The van der Waals surface area contributed by atoms with Gasteiger partial charge in [0.1, 0.15) is 0 Å². The fourth-order valence-corrected chi connectivity index (χ4v) is 2.19. The predicted octanol–water partition coefficient (Wildman–Crippen LogP) is 0.471. The normalized spacial score (nSPS) is 17.6. The monoisotopic (exact) mass is 283 g/mol. The van der Waals surface area contributed by atoms with Crippen LogP contribution < -0.4 is 14.4 Å². The third-order valence-corrected chi connectivity index (χ3v) is 3.38. The molecule has 1 aliphatic rings. The first-order valence-corrected chi connectivity index (χ1v) is 6.55. The van der Waals surface area contributed by atoms with Crippen LogP contribution in [0.3, 0.4) is 0 Å². The van der Waals surface area contributed by atoms with Crippen molar-refractivity contribution in [2.24, 2.45) is 0 Å². The molecule has 1 fully saturated rings. The van der Waals surface area contributed by atoms with Crippen LogP contribution in [0.15, 0.2) is 6.07 Å². The molecule has 7 heteroatoms. The molecule has 1 aromatic heterocycles. The Labute approximate surface area is 118 Å². The zero-order valence-corrected chi connectivity index (χ0v) is 12.1. The number of hydrogen-bond acceptors (Lipinski definition) is 7. The molecular weight excluding hydrogens is 262 g/mol. The zero-order chi connectivity index (χ0) is 14.6. The third kappa shape index (κ3) is 3.49. The van der Waals surface area contributed by atoms with Crippen molar-refractivity contribution in [1.82, 2.24) is 9.97 Å². The molecule has 0 amide bonds. The molecule has 7 nitrogen and oxygen atoms in total. The number of aliphatic hydroxyl groups is 1. The van der Waals surface area contributed by atoms with Gasteiger partial charge in [0.2, 0.25) is 17.7 Å². The van der Waals surface area contributed by atoms with E-state index >= 15 is 0 Å². The minimum Gasteiger partial charge on any atom is -0.481 e. The number of nitrogens with zero attached hydrogens (tertiary/aromatic N) is 3. The Morgan fingerprint density at radius 2 is 1.80 bits per heavy atom. The Morgan fingerprint density at radius 3 is 2.30 bits per heavy atom. The first-order valence-electron chi connectivity index (χ1n) is 6.55. The third-order valence-electron chi connectivity index (χ3n) is 3.38. The van der Waals surface area contributed by atoms with Gasteiger partial charge in [0.05, 0.1) is 25.9 Å². The van der Waals surface area contributed by atoms with E-state index in [-0.39, 0.29) is 0 Å². The lowest BCUT2D eigenvalue weighted by Crippen LogP contribution is -2.46. The average Bonchev–Trinajstić information content (AvgIpc) is 2.46. The van der Waals surface area contributed by atoms with Crippen molar-refractivity contribution in [2.45, 2.75) is 18.4 Å². The summed E-state index contributed by atoms with van der Waals surface area (Å²) in [7, 11) is 4.91. The summed E-state index contributed by atoms with van der Waals surface area (Å²) >= 11 is 0. The van der Waals surface area contributed by atoms with Gasteiger partial charge in [-0.25, -0.2) is 0 Å². The Morgan fingerprint density at radius 1 is 1.25 bits per heavy atom. The molecule has 2 heterocycles. The topological polar surface area (TPSA) is 76.9 Å². The van der Waals surface area contributed by atoms with Crippen LogP contribution in [0.5, 0.6) is 11.8 Å². The molecule has 1 saturated heterocycles. The van der Waals surface area contributed by atoms with Crippen LogP contribution >= 0.6 is 0 Å². The van der Waals surface area contributed by atoms with Gasteiger partial charge in [-0.15, -0.1) is 0 Å². The number of anilines is 1. The minimum absolute atomic E-state index is 0.428. The predicted molar refractivity (Wildman–Crippen MR) is 73.4 cm³/mol. The van der Waals surface area contributed by atoms with E-state index in [1.54, 1.807) is 11.0 Å². The second kappa shape index (κ2) is 6.23. The number of rotatable bonds is 5. The lowest BCUT2D eigenvalue weighted by molar-refractivity contribution is -0.0574. The second-order valence-electron chi connectivity index (χ2n) is 4.95. The van der Waals surface area contributed by atoms with E-state index in [0.29, 0.717) is 50.3 Å². The summed E-state index contributed by atoms with van der Waals surface area (Å²) in [5, 5.41) is 10.5. The Bertz CT molecular complexity index is 427. The average molecular weight is 283 g/mol. The molecule has 0 unspecified atom stereocenters. The second-order valence-corrected chi connectivity index (χ2v) is 4.95. The van der Waals surface area contributed by atoms with Gasteiger partial charge in [0.15, 0.2) is 0 Å². The minimum atomic E-state index is -0.771. The maximum Gasteiger partial charge on any atom is 0.231 e. The molecule has 0 radical (unpaired) electrons. The Kier molecular flexibility index (Phi) is 4.61. The van der Waals surface area contributed by atoms with Crippen LogP contribution in [0, 0.1) is 0 Å². The van der Waals surface area contributed by atoms with Crippen LogP contribution in [-0.2, 0) is 4.74 Å². The molecule has 0 aliphatic carbocycles. The van der Waals surface area contributed by atoms with E-state index in [9.17, 15) is 5.11 Å². The smallest absolute Gasteiger partial charge is 0.231 e. The molecule has 1 aliphatic heterocycles. The summed E-state index contributed by atoms with van der Waals surface area (Å²) in [5.74, 6) is 1.32. The van der Waals surface area contributed by atoms with E-state index in [1.165, 1.54) is 14.2 Å². The SMILES string of the molecule is COc1cc(OC)nc(N(C)CC2(O)CCOCC2)n1. The lowest BCUT2D eigenvalue weighted by Gasteiger charge is -2.35. The van der Waals surface area contributed by atoms with Gasteiger partial charge < -0.3 is 24.2 Å². The van der Waals surface area contributed by atoms with Gasteiger partial charge in [-0.05, 0) is 0 Å². The fourth-order valence-electron chi connectivity index (χ4n) is 2.19. The highest BCUT2D eigenvalue weighted by molar-refractivity contribution is 5.36. The van der Waals surface area contributed by atoms with Gasteiger partial charge in [0, 0.05) is 39.6 Å². The highest BCUT2D eigenvalue weighted by atomic mass is 16.5. The number of methoxy groups -OCH3 is 2. The molecule has 1 aromatic rings. The van der Waals surface area contributed by atoms with E-state index in [4.69, 9.17) is 14.2 Å². The van der Waals surface area contributed by atoms with Crippen LogP contribution in [0.4, 0.5) is 5.95 Å². The largest absolute Gasteiger partial charge is 0.481 e. The first kappa shape index (κ1) is 14.8. The summed E-state index contributed by atoms with van der Waals surface area (Å²) in [6.45, 7) is 1.59. The van der Waals surface area contributed by atoms with Gasteiger partial charge in [-0.2, -0.15) is 9.97 Å². The van der Waals surface area contributed by atoms with Crippen LogP contribution in [-0.4, -0.2) is 61.7 Å². The van der Waals surface area contributed by atoms with Gasteiger partial charge in [-0.1, -0.05) is 0 Å². The molecule has 0 saturated carbocycles. The molecule has 0 aromatic carbocycles. The summed E-state index contributed by atoms with van der Waals surface area (Å²) in [4.78, 5) is 10.3. The zero-order valence-electron chi connectivity index (χ0n) is 12.1. The van der Waals surface area contributed by atoms with E-state index < -0.39 is 5.60 Å². The fraction of sp³-hybridized carbons (Fsp3) is 0.692. The highest BCUT2D eigenvalue weighted by Crippen LogP contribution is 2.25. The van der Waals surface area contributed by atoms with Gasteiger partial charge in [0.25, 0.3) is 0 Å². The molecular formula is C13H21N3O4. The molecule has 20 heavy (non-hydrogen) atoms. The molecule has 0 spiro atoms. The van der Waals surface area contributed by atoms with Crippen LogP contribution in [0.1, 0.15) is 12.8 Å². The molecule has 0 bridgehead atoms. The Hall–Kier alpha value is -1.60. The molecule has 2 rings (SSSR count). The summed E-state index contributed by atoms with van der Waals surface area (Å²) in [5.41, 5.74) is -0.771. The van der Waals surface area contributed by atoms with Crippen molar-refractivity contribution in [3.05, 3.63) is 6.07 Å². The lowest BCUT2D eigenvalue weighted by atomic mass is 9.94. The quantitative estimate of drug-likeness (QED) is 0.841. The maximum absolute atomic E-state index is 10.5. The van der Waals surface area contributed by atoms with Crippen LogP contribution in [0.25, 0.3) is 0 Å². The van der Waals surface area contributed by atoms with E-state index in [0.717, 1.165) is 0 Å². The summed E-state index contributed by atoms with van der Waals surface area (Å²) < 4.78 is 15.5. The van der Waals surface area contributed by atoms with E-state index in [2.05, 4.69) is 9.97 Å². The summed E-state index contributed by atoms with van der Waals surface area (Å²) in [6, 6.07) is 1.61.